The van der Waals surface area contributed by atoms with Crippen molar-refractivity contribution in [2.45, 2.75) is 30.1 Å². The smallest absolute Gasteiger partial charge is 0.387 e. The summed E-state index contributed by atoms with van der Waals surface area (Å²) in [6.07, 6.45) is 3.36. The van der Waals surface area contributed by atoms with Crippen LogP contribution in [-0.4, -0.2) is 37.5 Å². The third kappa shape index (κ3) is 3.45. The summed E-state index contributed by atoms with van der Waals surface area (Å²) in [6.45, 7) is -3.02. The fourth-order valence-corrected chi connectivity index (χ4v) is 5.55. The highest BCUT2D eigenvalue weighted by molar-refractivity contribution is 7.91. The number of aromatic nitrogens is 3. The van der Waals surface area contributed by atoms with Gasteiger partial charge < -0.3 is 14.6 Å². The van der Waals surface area contributed by atoms with Gasteiger partial charge in [-0.2, -0.15) is 8.78 Å². The summed E-state index contributed by atoms with van der Waals surface area (Å²) in [5.41, 5.74) is 3.79. The Morgan fingerprint density at radius 1 is 1.20 bits per heavy atom. The Hall–Kier alpha value is -3.86. The van der Waals surface area contributed by atoms with E-state index in [1.165, 1.54) is 18.4 Å². The number of halogens is 2. The Kier molecular flexibility index (Phi) is 4.69. The van der Waals surface area contributed by atoms with E-state index in [0.29, 0.717) is 28.9 Å². The van der Waals surface area contributed by atoms with Crippen LogP contribution < -0.4 is 10.1 Å². The summed E-state index contributed by atoms with van der Waals surface area (Å²) in [6, 6.07) is 12.8. The van der Waals surface area contributed by atoms with Gasteiger partial charge in [-0.05, 0) is 42.3 Å². The molecule has 2 aromatic heterocycles. The zero-order valence-corrected chi connectivity index (χ0v) is 19.2. The van der Waals surface area contributed by atoms with Gasteiger partial charge in [0.25, 0.3) is 5.91 Å². The lowest BCUT2D eigenvalue weighted by atomic mass is 9.97. The number of carbonyl (C=O) groups is 1. The first-order valence-electron chi connectivity index (χ1n) is 10.8. The molecular formula is C24H19F2N5O3S. The number of imidazole rings is 1. The molecule has 2 N–H and O–H groups in total. The lowest BCUT2D eigenvalue weighted by molar-refractivity contribution is -0.0507. The highest BCUT2D eigenvalue weighted by Crippen LogP contribution is 2.47. The number of nitrogens with zero attached hydrogens (tertiary/aromatic N) is 3. The minimum absolute atomic E-state index is 0.0255. The predicted octanol–water partition coefficient (Wildman–Crippen LogP) is 4.51. The molecule has 8 nitrogen and oxygen atoms in total. The molecule has 2 aliphatic rings. The first-order valence-corrected chi connectivity index (χ1v) is 12.8. The monoisotopic (exact) mass is 495 g/mol. The molecule has 35 heavy (non-hydrogen) atoms. The van der Waals surface area contributed by atoms with Crippen LogP contribution in [0, 0.1) is 4.78 Å². The first kappa shape index (κ1) is 21.7. The summed E-state index contributed by atoms with van der Waals surface area (Å²) < 4.78 is 52.8. The average Bonchev–Trinajstić information content (AvgIpc) is 3.30. The zero-order valence-electron chi connectivity index (χ0n) is 18.4. The van der Waals surface area contributed by atoms with Crippen molar-refractivity contribution < 1.29 is 22.5 Å². The van der Waals surface area contributed by atoms with E-state index >= 15 is 0 Å². The maximum absolute atomic E-state index is 13.2. The summed E-state index contributed by atoms with van der Waals surface area (Å²) in [4.78, 5) is 21.8. The third-order valence-corrected chi connectivity index (χ3v) is 7.47. The van der Waals surface area contributed by atoms with Crippen LogP contribution in [0.1, 0.15) is 40.3 Å². The number of pyridine rings is 1. The molecule has 0 spiro atoms. The van der Waals surface area contributed by atoms with Gasteiger partial charge in [-0.3, -0.25) is 4.79 Å². The van der Waals surface area contributed by atoms with Gasteiger partial charge in [0.1, 0.15) is 16.6 Å². The topological polar surface area (TPSA) is 110 Å². The van der Waals surface area contributed by atoms with Crippen LogP contribution in [0.3, 0.4) is 0 Å². The second-order valence-electron chi connectivity index (χ2n) is 8.65. The van der Waals surface area contributed by atoms with Gasteiger partial charge in [-0.1, -0.05) is 18.2 Å². The van der Waals surface area contributed by atoms with Crippen molar-refractivity contribution in [1.29, 1.82) is 4.78 Å². The molecule has 178 valence electrons. The second kappa shape index (κ2) is 7.57. The molecule has 1 amide bonds. The van der Waals surface area contributed by atoms with Crippen LogP contribution in [0.4, 0.5) is 8.78 Å². The van der Waals surface area contributed by atoms with Crippen molar-refractivity contribution in [3.63, 3.8) is 0 Å². The van der Waals surface area contributed by atoms with Crippen molar-refractivity contribution in [2.24, 2.45) is 0 Å². The molecule has 2 aliphatic heterocycles. The minimum Gasteiger partial charge on any atom is -0.434 e. The lowest BCUT2D eigenvalue weighted by Gasteiger charge is -2.21. The molecular weight excluding hydrogens is 476 g/mol. The standard InChI is InChI=1S/C24H19F2N5O3S/c1-35(27,33)20-8-6-13(11-28-20)12-5-7-15-17(9-12)31-18-10-16(22(31)29-15)30-23(32)14-3-2-4-19(21(14)18)34-24(25)26/h2-9,11,16,18,24,27H,10H2,1H3,(H,30,32)/t16-,18-,35?/m1/s1. The van der Waals surface area contributed by atoms with Crippen LogP contribution in [-0.2, 0) is 9.73 Å². The third-order valence-electron chi connectivity index (χ3n) is 6.43. The van der Waals surface area contributed by atoms with Crippen LogP contribution >= 0.6 is 0 Å². The van der Waals surface area contributed by atoms with Gasteiger partial charge >= 0.3 is 6.61 Å². The van der Waals surface area contributed by atoms with Crippen LogP contribution in [0.5, 0.6) is 5.75 Å². The summed E-state index contributed by atoms with van der Waals surface area (Å²) in [5.74, 6) is 0.281. The number of nitrogens with one attached hydrogen (secondary N) is 2. The maximum atomic E-state index is 13.2. The van der Waals surface area contributed by atoms with Crippen molar-refractivity contribution >= 4 is 26.7 Å². The number of carbonyl (C=O) groups excluding carboxylic acids is 1. The molecule has 11 heteroatoms. The zero-order chi connectivity index (χ0) is 24.5. The van der Waals surface area contributed by atoms with Crippen molar-refractivity contribution in [2.75, 3.05) is 6.26 Å². The van der Waals surface area contributed by atoms with E-state index in [1.54, 1.807) is 24.4 Å². The van der Waals surface area contributed by atoms with Crippen molar-refractivity contribution in [1.82, 2.24) is 19.9 Å². The largest absolute Gasteiger partial charge is 0.434 e. The minimum atomic E-state index is -3.02. The summed E-state index contributed by atoms with van der Waals surface area (Å²) in [5, 5.41) is 3.18. The van der Waals surface area contributed by atoms with Crippen LogP contribution in [0.25, 0.3) is 22.2 Å². The number of amides is 1. The second-order valence-corrected chi connectivity index (χ2v) is 10.8. The molecule has 2 aromatic carbocycles. The number of fused-ring (bicyclic) bond motifs is 9. The van der Waals surface area contributed by atoms with Crippen LogP contribution in [0.15, 0.2) is 59.8 Å². The van der Waals surface area contributed by atoms with Gasteiger partial charge in [0.15, 0.2) is 0 Å². The molecule has 0 aliphatic carbocycles. The van der Waals surface area contributed by atoms with Crippen LogP contribution in [0.2, 0.25) is 0 Å². The average molecular weight is 496 g/mol. The van der Waals surface area contributed by atoms with E-state index in [9.17, 15) is 17.8 Å². The lowest BCUT2D eigenvalue weighted by Crippen LogP contribution is -2.28. The number of hydrogen-bond donors (Lipinski definition) is 2. The number of benzene rings is 2. The molecule has 0 saturated heterocycles. The van der Waals surface area contributed by atoms with E-state index in [2.05, 4.69) is 10.3 Å². The number of ether oxygens (including phenoxy) is 1. The maximum Gasteiger partial charge on any atom is 0.387 e. The SMILES string of the molecule is CS(=N)(=O)c1ccc(-c2ccc3nc4n(c3c2)[C@@H]2C[C@H]4NC(=O)c3cccc(OC(F)F)c32)cn1. The van der Waals surface area contributed by atoms with Gasteiger partial charge in [-0.15, -0.1) is 0 Å². The number of rotatable bonds is 4. The van der Waals surface area contributed by atoms with E-state index in [0.717, 1.165) is 16.6 Å². The molecule has 2 bridgehead atoms. The van der Waals surface area contributed by atoms with E-state index in [-0.39, 0.29) is 22.7 Å². The van der Waals surface area contributed by atoms with Gasteiger partial charge in [0.05, 0.1) is 32.8 Å². The number of alkyl halides is 2. The first-order chi connectivity index (χ1) is 16.7. The molecule has 0 radical (unpaired) electrons. The Morgan fingerprint density at radius 3 is 2.71 bits per heavy atom. The Labute approximate surface area is 198 Å². The van der Waals surface area contributed by atoms with E-state index in [1.807, 2.05) is 22.8 Å². The molecule has 0 saturated carbocycles. The Morgan fingerprint density at radius 2 is 2.00 bits per heavy atom. The molecule has 1 unspecified atom stereocenters. The quantitative estimate of drug-likeness (QED) is 0.433. The fraction of sp³-hybridized carbons (Fsp3) is 0.208. The van der Waals surface area contributed by atoms with Gasteiger partial charge in [-0.25, -0.2) is 19.0 Å². The summed E-state index contributed by atoms with van der Waals surface area (Å²) >= 11 is 0. The Balaban J connectivity index is 1.51. The molecule has 4 aromatic rings. The number of hydrogen-bond acceptors (Lipinski definition) is 6. The normalized spacial score (nSPS) is 20.2. The summed E-state index contributed by atoms with van der Waals surface area (Å²) in [7, 11) is -2.92. The Bertz CT molecular complexity index is 1620. The van der Waals surface area contributed by atoms with E-state index < -0.39 is 22.4 Å². The van der Waals surface area contributed by atoms with Crippen molar-refractivity contribution in [3.8, 4) is 16.9 Å². The molecule has 3 atom stereocenters. The predicted molar refractivity (Wildman–Crippen MR) is 124 cm³/mol. The highest BCUT2D eigenvalue weighted by Gasteiger charge is 2.42. The van der Waals surface area contributed by atoms with Gasteiger partial charge in [0.2, 0.25) is 0 Å². The highest BCUT2D eigenvalue weighted by atomic mass is 32.2. The molecule has 4 heterocycles. The molecule has 0 fully saturated rings. The van der Waals surface area contributed by atoms with Crippen molar-refractivity contribution in [3.05, 3.63) is 71.7 Å². The molecule has 6 rings (SSSR count). The fourth-order valence-electron chi connectivity index (χ4n) is 4.97. The van der Waals surface area contributed by atoms with E-state index in [4.69, 9.17) is 14.5 Å². The van der Waals surface area contributed by atoms with Gasteiger partial charge in [0, 0.05) is 29.1 Å².